The van der Waals surface area contributed by atoms with Crippen molar-refractivity contribution in [3.63, 3.8) is 0 Å². The van der Waals surface area contributed by atoms with Crippen LogP contribution in [-0.2, 0) is 34.3 Å². The summed E-state index contributed by atoms with van der Waals surface area (Å²) < 4.78 is 170. The molecule has 2 aromatic carbocycles. The van der Waals surface area contributed by atoms with Crippen LogP contribution in [0.5, 0.6) is 11.5 Å². The zero-order chi connectivity index (χ0) is 31.0. The predicted octanol–water partition coefficient (Wildman–Crippen LogP) is 8.08. The van der Waals surface area contributed by atoms with Crippen LogP contribution in [0.1, 0.15) is 39.8 Å². The molecule has 0 fully saturated rings. The third kappa shape index (κ3) is 7.47. The number of hydrogen-bond donors (Lipinski definition) is 0. The van der Waals surface area contributed by atoms with Crippen molar-refractivity contribution in [3.05, 3.63) is 70.3 Å². The first-order chi connectivity index (χ1) is 18.0. The van der Waals surface area contributed by atoms with Gasteiger partial charge < -0.3 is 9.47 Å². The Kier molecular flexibility index (Phi) is 8.97. The third-order valence-corrected chi connectivity index (χ3v) is 5.13. The van der Waals surface area contributed by atoms with E-state index in [1.54, 1.807) is 0 Å². The van der Waals surface area contributed by atoms with E-state index in [-0.39, 0.29) is 24.3 Å². The van der Waals surface area contributed by atoms with Gasteiger partial charge in [0.1, 0.15) is 5.75 Å². The maximum absolute atomic E-state index is 13.5. The van der Waals surface area contributed by atoms with Crippen LogP contribution < -0.4 is 9.47 Å². The lowest BCUT2D eigenvalue weighted by molar-refractivity contribution is -0.154. The van der Waals surface area contributed by atoms with Crippen molar-refractivity contribution in [3.8, 4) is 11.5 Å². The molecule has 0 aliphatic rings. The minimum Gasteiger partial charge on any atom is -0.425 e. The standard InChI is InChI=1S/C24H16F12O4/c1-4-5-13(19(37)39-17-11(3)8-12(21(25,26)27)9-16(17)24(34,35)36)20(38)40-18-14(22(28,29)30)6-10(2)7-15(18)23(31,32)33/h4,6-9,13H,1,5H2,2-3H3. The van der Waals surface area contributed by atoms with Gasteiger partial charge >= 0.3 is 36.6 Å². The lowest BCUT2D eigenvalue weighted by Gasteiger charge is -2.22. The van der Waals surface area contributed by atoms with E-state index in [1.165, 1.54) is 0 Å². The molecule has 0 radical (unpaired) electrons. The second kappa shape index (κ2) is 11.0. The maximum atomic E-state index is 13.5. The molecule has 0 amide bonds. The van der Waals surface area contributed by atoms with Crippen LogP contribution in [-0.4, -0.2) is 11.9 Å². The number of carbonyl (C=O) groups is 2. The number of allylic oxidation sites excluding steroid dienone is 1. The first kappa shape index (κ1) is 32.5. The van der Waals surface area contributed by atoms with Crippen LogP contribution in [0.25, 0.3) is 0 Å². The van der Waals surface area contributed by atoms with Crippen molar-refractivity contribution in [1.82, 2.24) is 0 Å². The van der Waals surface area contributed by atoms with Gasteiger partial charge in [-0.05, 0) is 55.7 Å². The van der Waals surface area contributed by atoms with Gasteiger partial charge in [0, 0.05) is 0 Å². The summed E-state index contributed by atoms with van der Waals surface area (Å²) in [5, 5.41) is 0. The van der Waals surface area contributed by atoms with Gasteiger partial charge in [-0.1, -0.05) is 6.08 Å². The number of aryl methyl sites for hydroxylation is 2. The second-order valence-electron chi connectivity index (χ2n) is 8.27. The topological polar surface area (TPSA) is 52.6 Å². The minimum atomic E-state index is -5.53. The van der Waals surface area contributed by atoms with Crippen LogP contribution in [0.3, 0.4) is 0 Å². The molecule has 0 spiro atoms. The molecule has 2 aromatic rings. The van der Waals surface area contributed by atoms with Crippen molar-refractivity contribution in [1.29, 1.82) is 0 Å². The largest absolute Gasteiger partial charge is 0.425 e. The summed E-state index contributed by atoms with van der Waals surface area (Å²) in [6.07, 6.45) is -21.9. The fourth-order valence-electron chi connectivity index (χ4n) is 3.39. The molecule has 0 aliphatic heterocycles. The Morgan fingerprint density at radius 2 is 1.10 bits per heavy atom. The smallest absolute Gasteiger partial charge is 0.420 e. The zero-order valence-corrected chi connectivity index (χ0v) is 20.0. The normalized spacial score (nSPS) is 13.6. The number of alkyl halides is 12. The van der Waals surface area contributed by atoms with Crippen LogP contribution >= 0.6 is 0 Å². The summed E-state index contributed by atoms with van der Waals surface area (Å²) >= 11 is 0. The van der Waals surface area contributed by atoms with Gasteiger partial charge in [0.05, 0.1) is 22.3 Å². The SMILES string of the molecule is C=CCC(C(=O)Oc1c(C)cc(C(F)(F)F)cc1C(F)(F)F)C(=O)Oc1c(C(F)(F)F)cc(C)cc1C(F)(F)F. The Hall–Kier alpha value is -3.72. The van der Waals surface area contributed by atoms with Crippen molar-refractivity contribution < 1.29 is 71.7 Å². The molecule has 4 nitrogen and oxygen atoms in total. The molecule has 0 saturated heterocycles. The number of hydrogen-bond acceptors (Lipinski definition) is 4. The summed E-state index contributed by atoms with van der Waals surface area (Å²) in [6, 6.07) is 0.254. The monoisotopic (exact) mass is 596 g/mol. The molecule has 0 saturated carbocycles. The van der Waals surface area contributed by atoms with Gasteiger partial charge in [-0.25, -0.2) is 0 Å². The van der Waals surface area contributed by atoms with Gasteiger partial charge in [-0.3, -0.25) is 9.59 Å². The van der Waals surface area contributed by atoms with E-state index in [2.05, 4.69) is 16.1 Å². The lowest BCUT2D eigenvalue weighted by Crippen LogP contribution is -2.33. The number of rotatable bonds is 6. The van der Waals surface area contributed by atoms with Crippen LogP contribution in [0.4, 0.5) is 52.7 Å². The highest BCUT2D eigenvalue weighted by molar-refractivity contribution is 5.97. The summed E-state index contributed by atoms with van der Waals surface area (Å²) in [6.45, 7) is 4.72. The Morgan fingerprint density at radius 3 is 1.48 bits per heavy atom. The molecule has 2 rings (SSSR count). The van der Waals surface area contributed by atoms with Crippen molar-refractivity contribution in [2.75, 3.05) is 0 Å². The van der Waals surface area contributed by atoms with E-state index in [9.17, 15) is 62.3 Å². The Bertz CT molecular complexity index is 1270. The van der Waals surface area contributed by atoms with Crippen molar-refractivity contribution in [2.45, 2.75) is 45.0 Å². The summed E-state index contributed by atoms with van der Waals surface area (Å²) in [5.74, 6) is -10.0. The van der Waals surface area contributed by atoms with Crippen molar-refractivity contribution in [2.24, 2.45) is 5.92 Å². The van der Waals surface area contributed by atoms with E-state index in [1.807, 2.05) is 0 Å². The molecule has 0 aliphatic carbocycles. The fraction of sp³-hybridized carbons (Fsp3) is 0.333. The molecule has 0 N–H and O–H groups in total. The zero-order valence-electron chi connectivity index (χ0n) is 20.0. The van der Waals surface area contributed by atoms with Crippen molar-refractivity contribution >= 4 is 11.9 Å². The highest BCUT2D eigenvalue weighted by atomic mass is 19.4. The van der Waals surface area contributed by atoms with Crippen LogP contribution in [0.2, 0.25) is 0 Å². The first-order valence-electron chi connectivity index (χ1n) is 10.6. The number of benzene rings is 2. The Morgan fingerprint density at radius 1 is 0.700 bits per heavy atom. The van der Waals surface area contributed by atoms with E-state index in [0.29, 0.717) is 6.92 Å². The highest BCUT2D eigenvalue weighted by Gasteiger charge is 2.45. The predicted molar refractivity (Wildman–Crippen MR) is 112 cm³/mol. The van der Waals surface area contributed by atoms with Gasteiger partial charge in [-0.2, -0.15) is 52.7 Å². The second-order valence-corrected chi connectivity index (χ2v) is 8.27. The summed E-state index contributed by atoms with van der Waals surface area (Å²) in [5.41, 5.74) is -9.35. The number of halogens is 12. The minimum absolute atomic E-state index is 0.191. The number of carbonyl (C=O) groups excluding carboxylic acids is 2. The Balaban J connectivity index is 2.59. The molecule has 40 heavy (non-hydrogen) atoms. The summed E-state index contributed by atoms with van der Waals surface area (Å²) in [7, 11) is 0. The van der Waals surface area contributed by atoms with E-state index in [4.69, 9.17) is 0 Å². The summed E-state index contributed by atoms with van der Waals surface area (Å²) in [4.78, 5) is 25.3. The van der Waals surface area contributed by atoms with Gasteiger partial charge in [0.15, 0.2) is 11.7 Å². The number of ether oxygens (including phenoxy) is 2. The lowest BCUT2D eigenvalue weighted by atomic mass is 10.0. The first-order valence-corrected chi connectivity index (χ1v) is 10.6. The average Bonchev–Trinajstić information content (AvgIpc) is 2.76. The molecule has 16 heteroatoms. The molecule has 0 heterocycles. The molecule has 0 aromatic heterocycles. The number of esters is 2. The Labute approximate surface area is 217 Å². The quantitative estimate of drug-likeness (QED) is 0.111. The molecule has 220 valence electrons. The van der Waals surface area contributed by atoms with E-state index < -0.39 is 93.9 Å². The molecule has 0 bridgehead atoms. The maximum Gasteiger partial charge on any atom is 0.420 e. The van der Waals surface area contributed by atoms with E-state index >= 15 is 0 Å². The van der Waals surface area contributed by atoms with Gasteiger partial charge in [0.25, 0.3) is 0 Å². The van der Waals surface area contributed by atoms with Crippen LogP contribution in [0.15, 0.2) is 36.9 Å². The molecular formula is C24H16F12O4. The van der Waals surface area contributed by atoms with Gasteiger partial charge in [-0.15, -0.1) is 6.58 Å². The molecule has 1 atom stereocenters. The highest BCUT2D eigenvalue weighted by Crippen LogP contribution is 2.46. The molecular weight excluding hydrogens is 580 g/mol. The third-order valence-electron chi connectivity index (χ3n) is 5.13. The molecule has 1 unspecified atom stereocenters. The van der Waals surface area contributed by atoms with E-state index in [0.717, 1.165) is 13.0 Å². The average molecular weight is 596 g/mol. The van der Waals surface area contributed by atoms with Gasteiger partial charge in [0.2, 0.25) is 0 Å². The fourth-order valence-corrected chi connectivity index (χ4v) is 3.39. The van der Waals surface area contributed by atoms with Crippen LogP contribution in [0, 0.1) is 19.8 Å².